The minimum atomic E-state index is -2.55. The van der Waals surface area contributed by atoms with Crippen LogP contribution in [-0.4, -0.2) is 54.1 Å². The van der Waals surface area contributed by atoms with Crippen molar-refractivity contribution in [3.8, 4) is 11.5 Å². The zero-order valence-electron chi connectivity index (χ0n) is 18.6. The van der Waals surface area contributed by atoms with Gasteiger partial charge in [0, 0.05) is 26.3 Å². The summed E-state index contributed by atoms with van der Waals surface area (Å²) in [6.07, 6.45) is 2.42. The molecule has 0 amide bonds. The van der Waals surface area contributed by atoms with E-state index in [1.807, 2.05) is 42.6 Å². The van der Waals surface area contributed by atoms with Crippen LogP contribution >= 0.6 is 8.17 Å². The first-order chi connectivity index (χ1) is 15.3. The highest BCUT2D eigenvalue weighted by Gasteiger charge is 2.57. The number of fused-ring (bicyclic) bond motifs is 2. The van der Waals surface area contributed by atoms with Gasteiger partial charge >= 0.3 is 13.9 Å². The van der Waals surface area contributed by atoms with Crippen molar-refractivity contribution < 1.29 is 18.1 Å². The van der Waals surface area contributed by atoms with Crippen molar-refractivity contribution in [1.29, 1.82) is 0 Å². The number of H-pyrrole nitrogens is 1. The third-order valence-corrected chi connectivity index (χ3v) is 7.12. The Morgan fingerprint density at radius 2 is 1.97 bits per heavy atom. The topological polar surface area (TPSA) is 121 Å². The van der Waals surface area contributed by atoms with Crippen LogP contribution in [0.15, 0.2) is 21.7 Å². The normalized spacial score (nSPS) is 15.2. The van der Waals surface area contributed by atoms with Gasteiger partial charge in [0.05, 0.1) is 18.1 Å². The summed E-state index contributed by atoms with van der Waals surface area (Å²) in [7, 11) is 2.89. The van der Waals surface area contributed by atoms with Crippen molar-refractivity contribution in [2.75, 3.05) is 39.5 Å². The summed E-state index contributed by atoms with van der Waals surface area (Å²) in [5, 5.41) is 0. The molecular formula is C20H27N5O6P+. The van der Waals surface area contributed by atoms with E-state index in [0.717, 1.165) is 36.0 Å². The summed E-state index contributed by atoms with van der Waals surface area (Å²) in [6.45, 7) is 3.22. The molecule has 3 aliphatic rings. The van der Waals surface area contributed by atoms with E-state index < -0.39 is 19.4 Å². The predicted molar refractivity (Wildman–Crippen MR) is 121 cm³/mol. The summed E-state index contributed by atoms with van der Waals surface area (Å²) < 4.78 is 23.2. The number of benzene rings is 1. The Hall–Kier alpha value is -2.43. The molecule has 1 N–H and O–H groups in total. The lowest BCUT2D eigenvalue weighted by molar-refractivity contribution is -0.0748. The van der Waals surface area contributed by atoms with Crippen LogP contribution < -0.4 is 16.1 Å². The molecule has 1 saturated heterocycles. The molecule has 1 fully saturated rings. The largest absolute Gasteiger partial charge is 0.580 e. The zero-order valence-corrected chi connectivity index (χ0v) is 19.5. The van der Waals surface area contributed by atoms with E-state index in [9.17, 15) is 9.59 Å². The second kappa shape index (κ2) is 9.21. The molecule has 0 aromatic heterocycles. The molecule has 11 nitrogen and oxygen atoms in total. The van der Waals surface area contributed by atoms with E-state index >= 15 is 0 Å². The van der Waals surface area contributed by atoms with Crippen LogP contribution in [-0.2, 0) is 24.6 Å². The van der Waals surface area contributed by atoms with Gasteiger partial charge in [0.25, 0.3) is 5.56 Å². The molecule has 0 radical (unpaired) electrons. The van der Waals surface area contributed by atoms with Gasteiger partial charge in [-0.2, -0.15) is 14.0 Å². The molecule has 32 heavy (non-hydrogen) atoms. The molecule has 0 saturated carbocycles. The number of nitrogens with zero attached hydrogens (tertiary/aromatic N) is 4. The number of hydrogen-bond donors (Lipinski definition) is 1. The number of unbranched alkanes of at least 4 members (excludes halogenated alkanes) is 2. The van der Waals surface area contributed by atoms with Gasteiger partial charge in [-0.1, -0.05) is 0 Å². The molecule has 0 spiro atoms. The van der Waals surface area contributed by atoms with E-state index in [-0.39, 0.29) is 18.3 Å². The minimum absolute atomic E-state index is 0.156. The van der Waals surface area contributed by atoms with Gasteiger partial charge < -0.3 is 9.47 Å². The smallest absolute Gasteiger partial charge is 0.377 e. The number of nitrogens with one attached hydrogen (secondary N) is 1. The Bertz CT molecular complexity index is 1200. The molecule has 3 aliphatic heterocycles. The van der Waals surface area contributed by atoms with E-state index in [0.29, 0.717) is 18.7 Å². The average Bonchev–Trinajstić information content (AvgIpc) is 2.71. The number of aromatic nitrogens is 4. The summed E-state index contributed by atoms with van der Waals surface area (Å²) in [5.41, 5.74) is 2.51. The first-order valence-corrected chi connectivity index (χ1v) is 11.8. The SMILES string of the molecule is CO[P+]1(OCCCCCn2c3nc(=O)[nH]c(=O)c-3nc3cc(C)c(N(C)C)cc32)OCO1. The maximum absolute atomic E-state index is 12.4. The third kappa shape index (κ3) is 4.39. The van der Waals surface area contributed by atoms with Crippen molar-refractivity contribution in [2.24, 2.45) is 0 Å². The Labute approximate surface area is 185 Å². The highest BCUT2D eigenvalue weighted by Crippen LogP contribution is 2.68. The van der Waals surface area contributed by atoms with Crippen LogP contribution in [0.1, 0.15) is 24.8 Å². The van der Waals surface area contributed by atoms with Gasteiger partial charge in [-0.3, -0.25) is 9.78 Å². The van der Waals surface area contributed by atoms with Crippen molar-refractivity contribution in [3.63, 3.8) is 0 Å². The number of aryl methyl sites for hydroxylation is 2. The van der Waals surface area contributed by atoms with Gasteiger partial charge in [-0.15, -0.1) is 9.05 Å². The molecule has 0 aliphatic carbocycles. The maximum Gasteiger partial charge on any atom is 0.580 e. The first-order valence-electron chi connectivity index (χ1n) is 10.3. The van der Waals surface area contributed by atoms with Crippen molar-refractivity contribution in [2.45, 2.75) is 32.7 Å². The average molecular weight is 464 g/mol. The first kappa shape index (κ1) is 22.8. The second-order valence-corrected chi connectivity index (χ2v) is 9.76. The fourth-order valence-corrected chi connectivity index (χ4v) is 4.83. The molecule has 0 bridgehead atoms. The highest BCUT2D eigenvalue weighted by molar-refractivity contribution is 7.57. The van der Waals surface area contributed by atoms with Gasteiger partial charge in [0.1, 0.15) is 6.61 Å². The zero-order chi connectivity index (χ0) is 22.9. The fourth-order valence-electron chi connectivity index (χ4n) is 3.74. The Kier molecular flexibility index (Phi) is 6.55. The van der Waals surface area contributed by atoms with Crippen LogP contribution in [0.2, 0.25) is 0 Å². The summed E-state index contributed by atoms with van der Waals surface area (Å²) in [5.74, 6) is 0.289. The van der Waals surface area contributed by atoms with Gasteiger partial charge in [0.2, 0.25) is 6.79 Å². The number of hydrogen-bond acceptors (Lipinski definition) is 9. The molecule has 4 rings (SSSR count). The van der Waals surface area contributed by atoms with E-state index in [1.165, 1.54) is 7.11 Å². The van der Waals surface area contributed by atoms with E-state index in [2.05, 4.69) is 15.0 Å². The lowest BCUT2D eigenvalue weighted by Gasteiger charge is -2.23. The van der Waals surface area contributed by atoms with Crippen LogP contribution in [0.4, 0.5) is 5.69 Å². The van der Waals surface area contributed by atoms with Gasteiger partial charge in [0.15, 0.2) is 11.5 Å². The summed E-state index contributed by atoms with van der Waals surface area (Å²) in [4.78, 5) is 37.1. The Morgan fingerprint density at radius 1 is 1.19 bits per heavy atom. The molecule has 0 atom stereocenters. The summed E-state index contributed by atoms with van der Waals surface area (Å²) in [6, 6.07) is 3.97. The Morgan fingerprint density at radius 3 is 2.62 bits per heavy atom. The maximum atomic E-state index is 12.4. The number of anilines is 1. The van der Waals surface area contributed by atoms with Crippen LogP contribution in [0, 0.1) is 6.92 Å². The molecule has 1 aromatic rings. The fraction of sp³-hybridized carbons (Fsp3) is 0.500. The lowest BCUT2D eigenvalue weighted by Crippen LogP contribution is -2.29. The standard InChI is InChI=1S/C20H26N5O6P/c1-13-10-14-16(11-15(13)24(2)3)25(18-17(21-14)19(26)23-20(27)22-18)8-6-5-7-9-29-32(28-4)30-12-31-32/h10-11H,5-9,12H2,1-4H3/p+1. The number of aromatic amines is 1. The van der Waals surface area contributed by atoms with E-state index in [4.69, 9.17) is 18.1 Å². The quantitative estimate of drug-likeness (QED) is 0.289. The van der Waals surface area contributed by atoms with Crippen LogP contribution in [0.3, 0.4) is 0 Å². The molecule has 12 heteroatoms. The molecule has 1 aromatic carbocycles. The van der Waals surface area contributed by atoms with Crippen molar-refractivity contribution in [1.82, 2.24) is 19.5 Å². The predicted octanol–water partition coefficient (Wildman–Crippen LogP) is 2.47. The van der Waals surface area contributed by atoms with Gasteiger partial charge in [-0.05, 0) is 43.9 Å². The summed E-state index contributed by atoms with van der Waals surface area (Å²) >= 11 is 0. The van der Waals surface area contributed by atoms with E-state index in [1.54, 1.807) is 0 Å². The second-order valence-electron chi connectivity index (χ2n) is 7.73. The molecule has 172 valence electrons. The third-order valence-electron chi connectivity index (χ3n) is 5.33. The highest BCUT2D eigenvalue weighted by atomic mass is 31.2. The van der Waals surface area contributed by atoms with Crippen molar-refractivity contribution in [3.05, 3.63) is 38.5 Å². The monoisotopic (exact) mass is 464 g/mol. The van der Waals surface area contributed by atoms with Crippen LogP contribution in [0.25, 0.3) is 22.6 Å². The molecular weight excluding hydrogens is 437 g/mol. The van der Waals surface area contributed by atoms with Crippen molar-refractivity contribution >= 4 is 24.9 Å². The molecule has 3 heterocycles. The number of rotatable bonds is 9. The minimum Gasteiger partial charge on any atom is -0.377 e. The Balaban J connectivity index is 1.59. The van der Waals surface area contributed by atoms with Gasteiger partial charge in [-0.25, -0.2) is 9.78 Å². The molecule has 0 unspecified atom stereocenters. The van der Waals surface area contributed by atoms with Crippen LogP contribution in [0.5, 0.6) is 0 Å². The lowest BCUT2D eigenvalue weighted by atomic mass is 10.1.